The van der Waals surface area contributed by atoms with E-state index in [1.807, 2.05) is 0 Å². The SMILES string of the molecule is CC(C)CC(C)OCC(O)CNC1C2C3CCC(C3)C12. The standard InChI is InChI=1S/C17H31NO2/c1-10(2)6-11(3)20-9-14(19)8-18-17-15-12-4-5-13(7-12)16(15)17/h10-19H,4-9H2,1-3H3. The summed E-state index contributed by atoms with van der Waals surface area (Å²) in [5, 5.41) is 13.6. The van der Waals surface area contributed by atoms with Crippen LogP contribution in [0.15, 0.2) is 0 Å². The highest BCUT2D eigenvalue weighted by Crippen LogP contribution is 2.65. The van der Waals surface area contributed by atoms with Crippen LogP contribution in [0.1, 0.15) is 46.5 Å². The molecule has 0 aromatic heterocycles. The Labute approximate surface area is 123 Å². The van der Waals surface area contributed by atoms with Crippen molar-refractivity contribution in [3.05, 3.63) is 0 Å². The van der Waals surface area contributed by atoms with Gasteiger partial charge in [-0.1, -0.05) is 13.8 Å². The van der Waals surface area contributed by atoms with Crippen LogP contribution in [-0.2, 0) is 4.74 Å². The van der Waals surface area contributed by atoms with Crippen LogP contribution in [0.2, 0.25) is 0 Å². The molecule has 3 heteroatoms. The lowest BCUT2D eigenvalue weighted by Gasteiger charge is -2.19. The number of hydrogen-bond acceptors (Lipinski definition) is 3. The zero-order valence-corrected chi connectivity index (χ0v) is 13.2. The summed E-state index contributed by atoms with van der Waals surface area (Å²) in [5.41, 5.74) is 0. The van der Waals surface area contributed by atoms with Gasteiger partial charge in [0, 0.05) is 12.6 Å². The molecule has 2 N–H and O–H groups in total. The molecule has 0 aromatic carbocycles. The van der Waals surface area contributed by atoms with E-state index in [1.165, 1.54) is 19.3 Å². The van der Waals surface area contributed by atoms with Gasteiger partial charge in [0.25, 0.3) is 0 Å². The van der Waals surface area contributed by atoms with Crippen LogP contribution in [0, 0.1) is 29.6 Å². The Morgan fingerprint density at radius 3 is 2.40 bits per heavy atom. The molecule has 20 heavy (non-hydrogen) atoms. The predicted molar refractivity (Wildman–Crippen MR) is 80.5 cm³/mol. The molecule has 0 heterocycles. The maximum atomic E-state index is 10.0. The Morgan fingerprint density at radius 1 is 1.15 bits per heavy atom. The molecule has 0 aromatic rings. The summed E-state index contributed by atoms with van der Waals surface area (Å²) in [6.07, 6.45) is 5.37. The molecule has 2 bridgehead atoms. The molecule has 0 spiro atoms. The second kappa shape index (κ2) is 5.94. The zero-order valence-electron chi connectivity index (χ0n) is 13.2. The molecule has 0 saturated heterocycles. The van der Waals surface area contributed by atoms with Crippen molar-refractivity contribution in [3.63, 3.8) is 0 Å². The van der Waals surface area contributed by atoms with Gasteiger partial charge in [0.2, 0.25) is 0 Å². The summed E-state index contributed by atoms with van der Waals surface area (Å²) in [4.78, 5) is 0. The molecule has 3 aliphatic carbocycles. The van der Waals surface area contributed by atoms with E-state index in [1.54, 1.807) is 0 Å². The van der Waals surface area contributed by atoms with E-state index in [9.17, 15) is 5.11 Å². The van der Waals surface area contributed by atoms with Crippen molar-refractivity contribution in [2.75, 3.05) is 13.2 Å². The van der Waals surface area contributed by atoms with E-state index in [-0.39, 0.29) is 12.2 Å². The lowest BCUT2D eigenvalue weighted by atomic mass is 10.0. The Bertz CT molecular complexity index is 317. The van der Waals surface area contributed by atoms with Gasteiger partial charge in [-0.05, 0) is 62.2 Å². The summed E-state index contributed by atoms with van der Waals surface area (Å²) < 4.78 is 5.73. The highest BCUT2D eigenvalue weighted by atomic mass is 16.5. The Balaban J connectivity index is 1.30. The second-order valence-corrected chi connectivity index (χ2v) is 7.85. The van der Waals surface area contributed by atoms with Gasteiger partial charge in [0.15, 0.2) is 0 Å². The summed E-state index contributed by atoms with van der Waals surface area (Å²) >= 11 is 0. The van der Waals surface area contributed by atoms with E-state index in [2.05, 4.69) is 26.1 Å². The third-order valence-corrected chi connectivity index (χ3v) is 5.70. The van der Waals surface area contributed by atoms with E-state index < -0.39 is 0 Å². The highest BCUT2D eigenvalue weighted by molar-refractivity contribution is 5.16. The number of ether oxygens (including phenoxy) is 1. The average molecular weight is 281 g/mol. The minimum Gasteiger partial charge on any atom is -0.389 e. The molecule has 116 valence electrons. The lowest BCUT2D eigenvalue weighted by Crippen LogP contribution is -2.35. The molecule has 3 rings (SSSR count). The van der Waals surface area contributed by atoms with Gasteiger partial charge in [-0.3, -0.25) is 0 Å². The van der Waals surface area contributed by atoms with Crippen molar-refractivity contribution in [1.82, 2.24) is 5.32 Å². The van der Waals surface area contributed by atoms with Gasteiger partial charge < -0.3 is 15.2 Å². The number of aliphatic hydroxyl groups excluding tert-OH is 1. The highest BCUT2D eigenvalue weighted by Gasteiger charge is 2.64. The molecule has 0 aliphatic heterocycles. The molecule has 3 aliphatic rings. The minimum absolute atomic E-state index is 0.251. The molecular weight excluding hydrogens is 250 g/mol. The van der Waals surface area contributed by atoms with Gasteiger partial charge in [0.1, 0.15) is 0 Å². The number of aliphatic hydroxyl groups is 1. The second-order valence-electron chi connectivity index (χ2n) is 7.85. The number of rotatable bonds is 8. The third-order valence-electron chi connectivity index (χ3n) is 5.70. The molecular formula is C17H31NO2. The number of fused-ring (bicyclic) bond motifs is 5. The molecule has 3 saturated carbocycles. The lowest BCUT2D eigenvalue weighted by molar-refractivity contribution is -0.00886. The first-order valence-electron chi connectivity index (χ1n) is 8.59. The predicted octanol–water partition coefficient (Wildman–Crippen LogP) is 2.43. The summed E-state index contributed by atoms with van der Waals surface area (Å²) in [7, 11) is 0. The van der Waals surface area contributed by atoms with Crippen molar-refractivity contribution >= 4 is 0 Å². The maximum absolute atomic E-state index is 10.0. The molecule has 3 fully saturated rings. The van der Waals surface area contributed by atoms with Crippen LogP contribution < -0.4 is 5.32 Å². The quantitative estimate of drug-likeness (QED) is 0.718. The third kappa shape index (κ3) is 3.05. The average Bonchev–Trinajstić information content (AvgIpc) is 2.77. The van der Waals surface area contributed by atoms with Crippen LogP contribution in [-0.4, -0.2) is 36.5 Å². The molecule has 6 atom stereocenters. The first-order valence-corrected chi connectivity index (χ1v) is 8.59. The smallest absolute Gasteiger partial charge is 0.0897 e. The fraction of sp³-hybridized carbons (Fsp3) is 1.00. The summed E-state index contributed by atoms with van der Waals surface area (Å²) in [6, 6.07) is 0.712. The Kier molecular flexibility index (Phi) is 4.40. The first kappa shape index (κ1) is 14.8. The van der Waals surface area contributed by atoms with Crippen molar-refractivity contribution in [1.29, 1.82) is 0 Å². The Hall–Kier alpha value is -0.120. The van der Waals surface area contributed by atoms with Crippen molar-refractivity contribution in [2.24, 2.45) is 29.6 Å². The number of hydrogen-bond donors (Lipinski definition) is 2. The minimum atomic E-state index is -0.358. The maximum Gasteiger partial charge on any atom is 0.0897 e. The van der Waals surface area contributed by atoms with Crippen LogP contribution in [0.5, 0.6) is 0 Å². The fourth-order valence-corrected chi connectivity index (χ4v) is 4.94. The van der Waals surface area contributed by atoms with Gasteiger partial charge in [-0.25, -0.2) is 0 Å². The zero-order chi connectivity index (χ0) is 14.3. The van der Waals surface area contributed by atoms with E-state index >= 15 is 0 Å². The van der Waals surface area contributed by atoms with Gasteiger partial charge in [-0.2, -0.15) is 0 Å². The molecule has 3 nitrogen and oxygen atoms in total. The number of nitrogens with one attached hydrogen (secondary N) is 1. The molecule has 6 unspecified atom stereocenters. The van der Waals surface area contributed by atoms with Crippen LogP contribution in [0.3, 0.4) is 0 Å². The van der Waals surface area contributed by atoms with Gasteiger partial charge >= 0.3 is 0 Å². The van der Waals surface area contributed by atoms with Gasteiger partial charge in [0.05, 0.1) is 18.8 Å². The normalized spacial score (nSPS) is 41.0. The van der Waals surface area contributed by atoms with Crippen LogP contribution in [0.25, 0.3) is 0 Å². The van der Waals surface area contributed by atoms with Crippen molar-refractivity contribution in [3.8, 4) is 0 Å². The summed E-state index contributed by atoms with van der Waals surface area (Å²) in [5.74, 6) is 4.55. The van der Waals surface area contributed by atoms with Crippen LogP contribution >= 0.6 is 0 Å². The monoisotopic (exact) mass is 281 g/mol. The van der Waals surface area contributed by atoms with Crippen LogP contribution in [0.4, 0.5) is 0 Å². The van der Waals surface area contributed by atoms with Crippen molar-refractivity contribution < 1.29 is 9.84 Å². The molecule has 0 amide bonds. The largest absolute Gasteiger partial charge is 0.389 e. The first-order chi connectivity index (χ1) is 9.56. The van der Waals surface area contributed by atoms with E-state index in [4.69, 9.17) is 4.74 Å². The Morgan fingerprint density at radius 2 is 1.80 bits per heavy atom. The van der Waals surface area contributed by atoms with E-state index in [0.29, 0.717) is 25.1 Å². The van der Waals surface area contributed by atoms with E-state index in [0.717, 1.165) is 30.1 Å². The fourth-order valence-electron chi connectivity index (χ4n) is 4.94. The molecule has 0 radical (unpaired) electrons. The topological polar surface area (TPSA) is 41.5 Å². The van der Waals surface area contributed by atoms with Crippen molar-refractivity contribution in [2.45, 2.75) is 64.7 Å². The summed E-state index contributed by atoms with van der Waals surface area (Å²) in [6.45, 7) is 7.68. The van der Waals surface area contributed by atoms with Gasteiger partial charge in [-0.15, -0.1) is 0 Å².